The van der Waals surface area contributed by atoms with E-state index < -0.39 is 0 Å². The predicted octanol–water partition coefficient (Wildman–Crippen LogP) is 3.38. The molecule has 2 amide bonds. The van der Waals surface area contributed by atoms with Crippen LogP contribution in [0.2, 0.25) is 0 Å². The van der Waals surface area contributed by atoms with Gasteiger partial charge in [-0.1, -0.05) is 12.1 Å². The Bertz CT molecular complexity index is 856. The van der Waals surface area contributed by atoms with E-state index >= 15 is 0 Å². The summed E-state index contributed by atoms with van der Waals surface area (Å²) >= 11 is 0. The van der Waals surface area contributed by atoms with Gasteiger partial charge in [-0.3, -0.25) is 9.59 Å². The number of aryl methyl sites for hydroxylation is 1. The molecule has 3 rings (SSSR count). The highest BCUT2D eigenvalue weighted by atomic mass is 16.5. The molecule has 154 valence electrons. The summed E-state index contributed by atoms with van der Waals surface area (Å²) in [5, 5.41) is 2.78. The van der Waals surface area contributed by atoms with Gasteiger partial charge < -0.3 is 19.9 Å². The van der Waals surface area contributed by atoms with Gasteiger partial charge in [-0.15, -0.1) is 0 Å². The highest BCUT2D eigenvalue weighted by Crippen LogP contribution is 2.24. The van der Waals surface area contributed by atoms with E-state index in [1.807, 2.05) is 6.92 Å². The second kappa shape index (κ2) is 9.45. The average molecular weight is 396 g/mol. The van der Waals surface area contributed by atoms with Crippen LogP contribution in [0.5, 0.6) is 5.75 Å². The molecule has 1 aliphatic heterocycles. The van der Waals surface area contributed by atoms with Crippen LogP contribution in [0.15, 0.2) is 42.5 Å². The SMILES string of the molecule is CCOc1ccc(NC(=O)CC(=O)N2CCN(c3cccc(C)c3C)CC2)cc1. The maximum Gasteiger partial charge on any atom is 0.233 e. The molecule has 0 saturated carbocycles. The topological polar surface area (TPSA) is 61.9 Å². The van der Waals surface area contributed by atoms with Crippen LogP contribution in [0, 0.1) is 13.8 Å². The third-order valence-corrected chi connectivity index (χ3v) is 5.31. The Morgan fingerprint density at radius 3 is 2.34 bits per heavy atom. The first-order chi connectivity index (χ1) is 14.0. The summed E-state index contributed by atoms with van der Waals surface area (Å²) in [6.07, 6.45) is -0.142. The van der Waals surface area contributed by atoms with E-state index in [-0.39, 0.29) is 18.2 Å². The first-order valence-electron chi connectivity index (χ1n) is 10.1. The lowest BCUT2D eigenvalue weighted by molar-refractivity contribution is -0.134. The first kappa shape index (κ1) is 20.7. The average Bonchev–Trinajstić information content (AvgIpc) is 2.72. The molecular weight excluding hydrogens is 366 g/mol. The molecule has 0 aromatic heterocycles. The lowest BCUT2D eigenvalue weighted by Gasteiger charge is -2.37. The Morgan fingerprint density at radius 1 is 1.00 bits per heavy atom. The molecule has 6 nitrogen and oxygen atoms in total. The van der Waals surface area contributed by atoms with E-state index in [2.05, 4.69) is 42.3 Å². The molecule has 0 spiro atoms. The van der Waals surface area contributed by atoms with Gasteiger partial charge in [0.2, 0.25) is 11.8 Å². The molecular formula is C23H29N3O3. The zero-order chi connectivity index (χ0) is 20.8. The van der Waals surface area contributed by atoms with Crippen molar-refractivity contribution in [3.05, 3.63) is 53.6 Å². The van der Waals surface area contributed by atoms with E-state index in [0.29, 0.717) is 25.4 Å². The number of anilines is 2. The summed E-state index contributed by atoms with van der Waals surface area (Å²) in [6.45, 7) is 9.56. The normalized spacial score (nSPS) is 13.9. The zero-order valence-corrected chi connectivity index (χ0v) is 17.4. The molecule has 0 atom stereocenters. The zero-order valence-electron chi connectivity index (χ0n) is 17.4. The number of amides is 2. The lowest BCUT2D eigenvalue weighted by Crippen LogP contribution is -2.49. The molecule has 2 aromatic rings. The van der Waals surface area contributed by atoms with E-state index in [0.717, 1.165) is 18.8 Å². The molecule has 0 unspecified atom stereocenters. The summed E-state index contributed by atoms with van der Waals surface area (Å²) in [4.78, 5) is 28.9. The van der Waals surface area contributed by atoms with Crippen LogP contribution in [0.4, 0.5) is 11.4 Å². The molecule has 1 saturated heterocycles. The Hall–Kier alpha value is -3.02. The van der Waals surface area contributed by atoms with E-state index in [9.17, 15) is 9.59 Å². The number of carbonyl (C=O) groups is 2. The number of carbonyl (C=O) groups excluding carboxylic acids is 2. The Kier molecular flexibility index (Phi) is 6.75. The van der Waals surface area contributed by atoms with E-state index in [1.165, 1.54) is 16.8 Å². The minimum atomic E-state index is -0.295. The van der Waals surface area contributed by atoms with Gasteiger partial charge in [-0.2, -0.15) is 0 Å². The smallest absolute Gasteiger partial charge is 0.233 e. The number of piperazine rings is 1. The maximum atomic E-state index is 12.5. The Morgan fingerprint density at radius 2 is 1.69 bits per heavy atom. The number of ether oxygens (including phenoxy) is 1. The maximum absolute atomic E-state index is 12.5. The minimum absolute atomic E-state index is 0.131. The molecule has 1 fully saturated rings. The molecule has 0 bridgehead atoms. The fourth-order valence-electron chi connectivity index (χ4n) is 3.53. The van der Waals surface area contributed by atoms with Crippen LogP contribution in [0.25, 0.3) is 0 Å². The van der Waals surface area contributed by atoms with E-state index in [4.69, 9.17) is 4.74 Å². The molecule has 1 heterocycles. The Labute approximate surface area is 172 Å². The molecule has 1 N–H and O–H groups in total. The monoisotopic (exact) mass is 395 g/mol. The third-order valence-electron chi connectivity index (χ3n) is 5.31. The van der Waals surface area contributed by atoms with E-state index in [1.54, 1.807) is 29.2 Å². The van der Waals surface area contributed by atoms with Gasteiger partial charge in [0.05, 0.1) is 6.61 Å². The number of hydrogen-bond donors (Lipinski definition) is 1. The fourth-order valence-corrected chi connectivity index (χ4v) is 3.53. The van der Waals surface area contributed by atoms with Gasteiger partial charge in [0.25, 0.3) is 0 Å². The summed E-state index contributed by atoms with van der Waals surface area (Å²) < 4.78 is 5.39. The molecule has 29 heavy (non-hydrogen) atoms. The van der Waals surface area contributed by atoms with Crippen molar-refractivity contribution in [1.82, 2.24) is 4.90 Å². The molecule has 2 aromatic carbocycles. The number of nitrogens with one attached hydrogen (secondary N) is 1. The third kappa shape index (κ3) is 5.28. The van der Waals surface area contributed by atoms with Crippen LogP contribution in [0.1, 0.15) is 24.5 Å². The van der Waals surface area contributed by atoms with Gasteiger partial charge in [0.15, 0.2) is 0 Å². The van der Waals surface area contributed by atoms with Crippen molar-refractivity contribution in [1.29, 1.82) is 0 Å². The largest absolute Gasteiger partial charge is 0.494 e. The van der Waals surface area contributed by atoms with Gasteiger partial charge in [0.1, 0.15) is 12.2 Å². The van der Waals surface area contributed by atoms with Gasteiger partial charge in [-0.05, 0) is 62.2 Å². The van der Waals surface area contributed by atoms with Gasteiger partial charge >= 0.3 is 0 Å². The first-order valence-corrected chi connectivity index (χ1v) is 10.1. The van der Waals surface area contributed by atoms with Crippen molar-refractivity contribution >= 4 is 23.2 Å². The van der Waals surface area contributed by atoms with Crippen molar-refractivity contribution in [2.75, 3.05) is 43.0 Å². The lowest BCUT2D eigenvalue weighted by atomic mass is 10.1. The van der Waals surface area contributed by atoms with Gasteiger partial charge in [0, 0.05) is 37.6 Å². The van der Waals surface area contributed by atoms with Crippen LogP contribution in [-0.4, -0.2) is 49.5 Å². The quantitative estimate of drug-likeness (QED) is 0.762. The van der Waals surface area contributed by atoms with Gasteiger partial charge in [-0.25, -0.2) is 0 Å². The van der Waals surface area contributed by atoms with Crippen molar-refractivity contribution in [3.63, 3.8) is 0 Å². The minimum Gasteiger partial charge on any atom is -0.494 e. The summed E-state index contributed by atoms with van der Waals surface area (Å²) in [5.41, 5.74) is 4.44. The second-order valence-electron chi connectivity index (χ2n) is 7.27. The molecule has 0 aliphatic carbocycles. The second-order valence-corrected chi connectivity index (χ2v) is 7.27. The van der Waals surface area contributed by atoms with Crippen molar-refractivity contribution in [2.45, 2.75) is 27.2 Å². The van der Waals surface area contributed by atoms with Crippen molar-refractivity contribution < 1.29 is 14.3 Å². The van der Waals surface area contributed by atoms with Crippen molar-refractivity contribution in [3.8, 4) is 5.75 Å². The van der Waals surface area contributed by atoms with Crippen LogP contribution < -0.4 is 15.0 Å². The molecule has 1 aliphatic rings. The highest BCUT2D eigenvalue weighted by Gasteiger charge is 2.23. The van der Waals surface area contributed by atoms with Crippen molar-refractivity contribution in [2.24, 2.45) is 0 Å². The van der Waals surface area contributed by atoms with Crippen LogP contribution in [-0.2, 0) is 9.59 Å². The summed E-state index contributed by atoms with van der Waals surface area (Å²) in [7, 11) is 0. The fraction of sp³-hybridized carbons (Fsp3) is 0.391. The number of rotatable bonds is 6. The summed E-state index contributed by atoms with van der Waals surface area (Å²) in [6, 6.07) is 13.5. The van der Waals surface area contributed by atoms with Crippen LogP contribution >= 0.6 is 0 Å². The standard InChI is InChI=1S/C23H29N3O3/c1-4-29-20-10-8-19(9-11-20)24-22(27)16-23(28)26-14-12-25(13-15-26)21-7-5-6-17(2)18(21)3/h5-11H,4,12-16H2,1-3H3,(H,24,27). The number of benzene rings is 2. The Balaban J connectivity index is 1.49. The van der Waals surface area contributed by atoms with Crippen LogP contribution in [0.3, 0.4) is 0 Å². The highest BCUT2D eigenvalue weighted by molar-refractivity contribution is 6.03. The number of hydrogen-bond acceptors (Lipinski definition) is 4. The molecule has 0 radical (unpaired) electrons. The summed E-state index contributed by atoms with van der Waals surface area (Å²) in [5.74, 6) is 0.327. The molecule has 6 heteroatoms. The number of nitrogens with zero attached hydrogens (tertiary/aromatic N) is 2. The predicted molar refractivity (Wildman–Crippen MR) is 116 cm³/mol.